The van der Waals surface area contributed by atoms with Gasteiger partial charge in [0.1, 0.15) is 13.2 Å². The van der Waals surface area contributed by atoms with Crippen LogP contribution in [-0.2, 0) is 4.79 Å². The Balaban J connectivity index is 1.29. The van der Waals surface area contributed by atoms with Gasteiger partial charge in [0.05, 0.1) is 12.0 Å². The third-order valence-electron chi connectivity index (χ3n) is 6.64. The number of fused-ring (bicyclic) bond motifs is 1. The van der Waals surface area contributed by atoms with Crippen LogP contribution in [0.4, 0.5) is 0 Å². The SMILES string of the molecule is O=C(c1ccc(Cl)cc1)N1CCC[C@@H](C(=O)N2CCC[C@H]2c2ccc3c(c2)OCCO3)C1. The van der Waals surface area contributed by atoms with Gasteiger partial charge < -0.3 is 19.3 Å². The van der Waals surface area contributed by atoms with Gasteiger partial charge in [-0.2, -0.15) is 0 Å². The molecule has 0 radical (unpaired) electrons. The molecule has 2 saturated heterocycles. The van der Waals surface area contributed by atoms with Crippen molar-refractivity contribution in [2.75, 3.05) is 32.8 Å². The van der Waals surface area contributed by atoms with E-state index in [1.807, 2.05) is 28.0 Å². The highest BCUT2D eigenvalue weighted by atomic mass is 35.5. The molecule has 2 atom stereocenters. The van der Waals surface area contributed by atoms with E-state index >= 15 is 0 Å². The molecule has 0 aliphatic carbocycles. The van der Waals surface area contributed by atoms with Crippen LogP contribution in [0.2, 0.25) is 5.02 Å². The van der Waals surface area contributed by atoms with Gasteiger partial charge in [-0.15, -0.1) is 0 Å². The van der Waals surface area contributed by atoms with Crippen molar-refractivity contribution in [1.29, 1.82) is 0 Å². The number of hydrogen-bond acceptors (Lipinski definition) is 4. The van der Waals surface area contributed by atoms with E-state index in [1.54, 1.807) is 24.3 Å². The predicted octanol–water partition coefficient (Wildman–Crippen LogP) is 4.33. The van der Waals surface area contributed by atoms with E-state index in [-0.39, 0.29) is 23.8 Å². The molecule has 168 valence electrons. The molecule has 0 N–H and O–H groups in total. The molecule has 0 unspecified atom stereocenters. The molecule has 2 amide bonds. The van der Waals surface area contributed by atoms with E-state index in [0.29, 0.717) is 36.9 Å². The zero-order valence-electron chi connectivity index (χ0n) is 18.0. The first-order valence-corrected chi connectivity index (χ1v) is 11.7. The van der Waals surface area contributed by atoms with Crippen LogP contribution in [0, 0.1) is 5.92 Å². The molecule has 0 aromatic heterocycles. The highest BCUT2D eigenvalue weighted by molar-refractivity contribution is 6.30. The maximum atomic E-state index is 13.5. The number of benzene rings is 2. The van der Waals surface area contributed by atoms with E-state index in [4.69, 9.17) is 21.1 Å². The minimum atomic E-state index is -0.169. The lowest BCUT2D eigenvalue weighted by atomic mass is 9.94. The quantitative estimate of drug-likeness (QED) is 0.692. The summed E-state index contributed by atoms with van der Waals surface area (Å²) in [4.78, 5) is 30.3. The van der Waals surface area contributed by atoms with E-state index < -0.39 is 0 Å². The number of likely N-dealkylation sites (tertiary alicyclic amines) is 2. The zero-order chi connectivity index (χ0) is 22.1. The molecule has 32 heavy (non-hydrogen) atoms. The topological polar surface area (TPSA) is 59.1 Å². The van der Waals surface area contributed by atoms with Crippen LogP contribution in [0.1, 0.15) is 47.6 Å². The average molecular weight is 455 g/mol. The molecule has 3 aliphatic rings. The van der Waals surface area contributed by atoms with Gasteiger partial charge in [0.15, 0.2) is 11.5 Å². The van der Waals surface area contributed by atoms with Crippen molar-refractivity contribution in [2.24, 2.45) is 5.92 Å². The van der Waals surface area contributed by atoms with E-state index in [2.05, 4.69) is 0 Å². The Hall–Kier alpha value is -2.73. The van der Waals surface area contributed by atoms with E-state index in [9.17, 15) is 9.59 Å². The van der Waals surface area contributed by atoms with Crippen LogP contribution in [0.3, 0.4) is 0 Å². The molecule has 0 spiro atoms. The second-order valence-electron chi connectivity index (χ2n) is 8.69. The first kappa shape index (κ1) is 21.1. The Morgan fingerprint density at radius 3 is 2.47 bits per heavy atom. The number of carbonyl (C=O) groups excluding carboxylic acids is 2. The van der Waals surface area contributed by atoms with Crippen molar-refractivity contribution in [3.8, 4) is 11.5 Å². The minimum Gasteiger partial charge on any atom is -0.486 e. The number of hydrogen-bond donors (Lipinski definition) is 0. The third-order valence-corrected chi connectivity index (χ3v) is 6.89. The van der Waals surface area contributed by atoms with Gasteiger partial charge in [0, 0.05) is 30.2 Å². The molecule has 3 heterocycles. The Morgan fingerprint density at radius 1 is 0.906 bits per heavy atom. The molecule has 2 fully saturated rings. The van der Waals surface area contributed by atoms with Gasteiger partial charge in [0.2, 0.25) is 5.91 Å². The number of piperidine rings is 1. The number of rotatable bonds is 3. The van der Waals surface area contributed by atoms with Gasteiger partial charge in [-0.1, -0.05) is 17.7 Å². The second-order valence-corrected chi connectivity index (χ2v) is 9.13. The Morgan fingerprint density at radius 2 is 1.66 bits per heavy atom. The maximum absolute atomic E-state index is 13.5. The lowest BCUT2D eigenvalue weighted by Gasteiger charge is -2.36. The summed E-state index contributed by atoms with van der Waals surface area (Å²) in [6.07, 6.45) is 3.56. The summed E-state index contributed by atoms with van der Waals surface area (Å²) in [6.45, 7) is 3.00. The zero-order valence-corrected chi connectivity index (χ0v) is 18.7. The number of amides is 2. The summed E-state index contributed by atoms with van der Waals surface area (Å²) in [5, 5.41) is 0.604. The fraction of sp³-hybridized carbons (Fsp3) is 0.440. The molecule has 7 heteroatoms. The lowest BCUT2D eigenvalue weighted by molar-refractivity contribution is -0.138. The Bertz CT molecular complexity index is 1010. The standard InChI is InChI=1S/C25H27ClN2O4/c26-20-8-5-17(6-9-20)24(29)27-11-1-3-19(16-27)25(30)28-12-2-4-21(28)18-7-10-22-23(15-18)32-14-13-31-22/h5-10,15,19,21H,1-4,11-14,16H2/t19-,21+/m1/s1. The van der Waals surface area contributed by atoms with Crippen LogP contribution in [0.5, 0.6) is 11.5 Å². The van der Waals surface area contributed by atoms with Crippen molar-refractivity contribution < 1.29 is 19.1 Å². The number of ether oxygens (including phenoxy) is 2. The predicted molar refractivity (Wildman–Crippen MR) is 121 cm³/mol. The van der Waals surface area contributed by atoms with Crippen molar-refractivity contribution in [2.45, 2.75) is 31.7 Å². The number of nitrogens with zero attached hydrogens (tertiary/aromatic N) is 2. The fourth-order valence-electron chi connectivity index (χ4n) is 5.02. The Kier molecular flexibility index (Phi) is 5.96. The van der Waals surface area contributed by atoms with Crippen LogP contribution >= 0.6 is 11.6 Å². The highest BCUT2D eigenvalue weighted by Gasteiger charge is 2.37. The summed E-state index contributed by atoms with van der Waals surface area (Å²) < 4.78 is 11.4. The number of halogens is 1. The van der Waals surface area contributed by atoms with Gasteiger partial charge >= 0.3 is 0 Å². The molecule has 0 bridgehead atoms. The molecule has 2 aromatic carbocycles. The van der Waals surface area contributed by atoms with Crippen molar-refractivity contribution in [3.63, 3.8) is 0 Å². The van der Waals surface area contributed by atoms with E-state index in [0.717, 1.165) is 49.3 Å². The van der Waals surface area contributed by atoms with Crippen LogP contribution < -0.4 is 9.47 Å². The summed E-state index contributed by atoms with van der Waals surface area (Å²) in [5.41, 5.74) is 1.70. The normalized spacial score (nSPS) is 22.7. The summed E-state index contributed by atoms with van der Waals surface area (Å²) in [6, 6.07) is 13.0. The monoisotopic (exact) mass is 454 g/mol. The smallest absolute Gasteiger partial charge is 0.253 e. The molecule has 5 rings (SSSR count). The van der Waals surface area contributed by atoms with Gasteiger partial charge in [-0.05, 0) is 67.6 Å². The Labute approximate surface area is 193 Å². The molecular weight excluding hydrogens is 428 g/mol. The van der Waals surface area contributed by atoms with Crippen LogP contribution in [0.25, 0.3) is 0 Å². The average Bonchev–Trinajstić information content (AvgIpc) is 3.33. The second kappa shape index (κ2) is 9.02. The molecule has 2 aromatic rings. The fourth-order valence-corrected chi connectivity index (χ4v) is 5.14. The van der Waals surface area contributed by atoms with Crippen LogP contribution in [-0.4, -0.2) is 54.5 Å². The largest absolute Gasteiger partial charge is 0.486 e. The molecule has 3 aliphatic heterocycles. The minimum absolute atomic E-state index is 0.0380. The van der Waals surface area contributed by atoms with Crippen molar-refractivity contribution in [3.05, 3.63) is 58.6 Å². The van der Waals surface area contributed by atoms with Crippen molar-refractivity contribution in [1.82, 2.24) is 9.80 Å². The van der Waals surface area contributed by atoms with E-state index in [1.165, 1.54) is 0 Å². The first-order chi connectivity index (χ1) is 15.6. The maximum Gasteiger partial charge on any atom is 0.253 e. The summed E-state index contributed by atoms with van der Waals surface area (Å²) >= 11 is 5.95. The summed E-state index contributed by atoms with van der Waals surface area (Å²) in [7, 11) is 0. The van der Waals surface area contributed by atoms with Gasteiger partial charge in [-0.25, -0.2) is 0 Å². The van der Waals surface area contributed by atoms with Gasteiger partial charge in [0.25, 0.3) is 5.91 Å². The van der Waals surface area contributed by atoms with Crippen molar-refractivity contribution >= 4 is 23.4 Å². The first-order valence-electron chi connectivity index (χ1n) is 11.3. The van der Waals surface area contributed by atoms with Gasteiger partial charge in [-0.3, -0.25) is 9.59 Å². The number of carbonyl (C=O) groups is 2. The third kappa shape index (κ3) is 4.16. The lowest BCUT2D eigenvalue weighted by Crippen LogP contribution is -2.46. The molecular formula is C25H27ClN2O4. The summed E-state index contributed by atoms with van der Waals surface area (Å²) in [5.74, 6) is 1.46. The van der Waals surface area contributed by atoms with Crippen LogP contribution in [0.15, 0.2) is 42.5 Å². The highest BCUT2D eigenvalue weighted by Crippen LogP contribution is 2.39. The molecule has 0 saturated carbocycles. The molecule has 6 nitrogen and oxygen atoms in total.